The summed E-state index contributed by atoms with van der Waals surface area (Å²) in [5.41, 5.74) is 21.2. The van der Waals surface area contributed by atoms with Crippen LogP contribution in [-0.4, -0.2) is 6.71 Å². The van der Waals surface area contributed by atoms with Crippen LogP contribution in [0.3, 0.4) is 0 Å². The first-order chi connectivity index (χ1) is 24.1. The fraction of sp³-hybridized carbons (Fsp3) is 0.265. The van der Waals surface area contributed by atoms with Gasteiger partial charge in [-0.25, -0.2) is 0 Å². The first-order valence-electron chi connectivity index (χ1n) is 18.6. The summed E-state index contributed by atoms with van der Waals surface area (Å²) in [5.74, 6) is 0. The lowest BCUT2D eigenvalue weighted by atomic mass is 9.36. The largest absolute Gasteiger partial charge is 0.311 e. The maximum Gasteiger partial charge on any atom is 0.248 e. The Bertz CT molecular complexity index is 2320. The Balaban J connectivity index is 1.50. The summed E-state index contributed by atoms with van der Waals surface area (Å²) in [7, 11) is 0. The van der Waals surface area contributed by atoms with Gasteiger partial charge in [0.2, 0.25) is 6.71 Å². The van der Waals surface area contributed by atoms with Gasteiger partial charge in [0.25, 0.3) is 0 Å². The highest BCUT2D eigenvalue weighted by Crippen LogP contribution is 2.47. The SMILES string of the molecule is Cc1ccccc1-c1cc2c3c(c1)N(c1ccc(C(C)(C)C)cc1-c1ccccc1)c1ccc(C(C)(C)C)cc1B3c1cc(C(C)(C)C)ccc1-2. The lowest BCUT2D eigenvalue weighted by Gasteiger charge is -2.38. The monoisotopic (exact) mass is 663 g/mol. The van der Waals surface area contributed by atoms with E-state index in [0.29, 0.717) is 0 Å². The van der Waals surface area contributed by atoms with Gasteiger partial charge in [-0.2, -0.15) is 0 Å². The maximum atomic E-state index is 2.60. The highest BCUT2D eigenvalue weighted by Gasteiger charge is 2.44. The van der Waals surface area contributed by atoms with Gasteiger partial charge in [-0.1, -0.05) is 159 Å². The zero-order chi connectivity index (χ0) is 36.0. The third kappa shape index (κ3) is 5.55. The fourth-order valence-corrected chi connectivity index (χ4v) is 8.29. The van der Waals surface area contributed by atoms with Gasteiger partial charge in [-0.3, -0.25) is 0 Å². The molecule has 0 saturated heterocycles. The molecule has 254 valence electrons. The molecule has 1 nitrogen and oxygen atoms in total. The molecule has 2 aliphatic rings. The molecule has 0 radical (unpaired) electrons. The molecule has 2 heterocycles. The molecule has 0 bridgehead atoms. The number of hydrogen-bond donors (Lipinski definition) is 0. The van der Waals surface area contributed by atoms with Gasteiger partial charge in [-0.15, -0.1) is 0 Å². The first kappa shape index (κ1) is 33.3. The average Bonchev–Trinajstić information content (AvgIpc) is 3.42. The van der Waals surface area contributed by atoms with E-state index >= 15 is 0 Å². The summed E-state index contributed by atoms with van der Waals surface area (Å²) in [5, 5.41) is 0. The normalized spacial score (nSPS) is 13.6. The maximum absolute atomic E-state index is 2.60. The standard InChI is InChI=1S/C49H50BN/c1-31-16-14-15-19-37(31)33-26-40-38-23-20-35(48(5,6)7)29-41(38)50-42-30-36(49(8,9)10)22-25-44(42)51(45(27-33)46(40)50)43-24-21-34(47(2,3)4)28-39(43)32-17-12-11-13-18-32/h11-30H,1-10H3. The molecule has 0 unspecified atom stereocenters. The van der Waals surface area contributed by atoms with E-state index in [1.54, 1.807) is 0 Å². The predicted octanol–water partition coefficient (Wildman–Crippen LogP) is 11.5. The number of hydrogen-bond acceptors (Lipinski definition) is 1. The molecule has 6 aromatic carbocycles. The molecule has 0 aromatic heterocycles. The molecule has 2 heteroatoms. The van der Waals surface area contributed by atoms with Crippen molar-refractivity contribution in [1.82, 2.24) is 0 Å². The van der Waals surface area contributed by atoms with Crippen LogP contribution in [0.25, 0.3) is 33.4 Å². The van der Waals surface area contributed by atoms with Gasteiger partial charge < -0.3 is 4.90 Å². The molecular formula is C49H50BN. The molecule has 2 aliphatic heterocycles. The Hall–Kier alpha value is -4.82. The van der Waals surface area contributed by atoms with Crippen molar-refractivity contribution in [3.63, 3.8) is 0 Å². The minimum absolute atomic E-state index is 0.0208. The Morgan fingerprint density at radius 1 is 0.412 bits per heavy atom. The molecule has 0 spiro atoms. The topological polar surface area (TPSA) is 3.24 Å². The highest BCUT2D eigenvalue weighted by molar-refractivity contribution is 7.01. The second-order valence-corrected chi connectivity index (χ2v) is 18.0. The molecule has 0 N–H and O–H groups in total. The van der Waals surface area contributed by atoms with Crippen molar-refractivity contribution in [2.45, 2.75) is 85.5 Å². The van der Waals surface area contributed by atoms with Crippen LogP contribution in [0.5, 0.6) is 0 Å². The van der Waals surface area contributed by atoms with E-state index in [9.17, 15) is 0 Å². The Labute approximate surface area is 306 Å². The summed E-state index contributed by atoms with van der Waals surface area (Å²) in [6.07, 6.45) is 0. The van der Waals surface area contributed by atoms with Gasteiger partial charge in [0.05, 0.1) is 5.69 Å². The van der Waals surface area contributed by atoms with Crippen LogP contribution in [-0.2, 0) is 16.2 Å². The van der Waals surface area contributed by atoms with Gasteiger partial charge in [0.15, 0.2) is 0 Å². The van der Waals surface area contributed by atoms with Crippen LogP contribution in [0.15, 0.2) is 121 Å². The van der Waals surface area contributed by atoms with Crippen molar-refractivity contribution in [1.29, 1.82) is 0 Å². The van der Waals surface area contributed by atoms with E-state index in [1.165, 1.54) is 89.1 Å². The lowest BCUT2D eigenvalue weighted by Crippen LogP contribution is -2.55. The quantitative estimate of drug-likeness (QED) is 0.170. The molecule has 0 atom stereocenters. The van der Waals surface area contributed by atoms with Crippen LogP contribution in [0.4, 0.5) is 17.1 Å². The van der Waals surface area contributed by atoms with E-state index in [-0.39, 0.29) is 23.0 Å². The molecule has 6 aromatic rings. The van der Waals surface area contributed by atoms with Gasteiger partial charge in [0, 0.05) is 16.9 Å². The lowest BCUT2D eigenvalue weighted by molar-refractivity contribution is 0.590. The van der Waals surface area contributed by atoms with Crippen LogP contribution in [0, 0.1) is 6.92 Å². The zero-order valence-electron chi connectivity index (χ0n) is 32.1. The van der Waals surface area contributed by atoms with E-state index in [0.717, 1.165) is 0 Å². The molecular weight excluding hydrogens is 613 g/mol. The molecule has 51 heavy (non-hydrogen) atoms. The van der Waals surface area contributed by atoms with Gasteiger partial charge in [0.1, 0.15) is 0 Å². The minimum Gasteiger partial charge on any atom is -0.311 e. The smallest absolute Gasteiger partial charge is 0.248 e. The Kier molecular flexibility index (Phi) is 7.59. The summed E-state index contributed by atoms with van der Waals surface area (Å²) in [6, 6.07) is 46.6. The third-order valence-corrected chi connectivity index (χ3v) is 11.3. The average molecular weight is 664 g/mol. The van der Waals surface area contributed by atoms with Crippen LogP contribution < -0.4 is 21.3 Å². The Morgan fingerprint density at radius 3 is 1.63 bits per heavy atom. The van der Waals surface area contributed by atoms with Crippen molar-refractivity contribution in [2.24, 2.45) is 0 Å². The molecule has 8 rings (SSSR count). The number of benzene rings is 6. The number of anilines is 3. The molecule has 0 aliphatic carbocycles. The van der Waals surface area contributed by atoms with Gasteiger partial charge >= 0.3 is 0 Å². The minimum atomic E-state index is 0.0208. The summed E-state index contributed by atoms with van der Waals surface area (Å²) >= 11 is 0. The van der Waals surface area contributed by atoms with E-state index in [1.807, 2.05) is 0 Å². The van der Waals surface area contributed by atoms with Crippen molar-refractivity contribution < 1.29 is 0 Å². The van der Waals surface area contributed by atoms with Crippen LogP contribution >= 0.6 is 0 Å². The van der Waals surface area contributed by atoms with Crippen molar-refractivity contribution in [3.8, 4) is 33.4 Å². The number of nitrogens with zero attached hydrogens (tertiary/aromatic N) is 1. The second-order valence-electron chi connectivity index (χ2n) is 18.0. The van der Waals surface area contributed by atoms with Gasteiger partial charge in [-0.05, 0) is 114 Å². The summed E-state index contributed by atoms with van der Waals surface area (Å²) in [4.78, 5) is 2.60. The van der Waals surface area contributed by atoms with Crippen LogP contribution in [0.2, 0.25) is 0 Å². The number of aryl methyl sites for hydroxylation is 1. The van der Waals surface area contributed by atoms with E-state index in [2.05, 4.69) is 195 Å². The van der Waals surface area contributed by atoms with Crippen LogP contribution in [0.1, 0.15) is 84.6 Å². The summed E-state index contributed by atoms with van der Waals surface area (Å²) < 4.78 is 0. The molecule has 0 amide bonds. The Morgan fingerprint density at radius 2 is 0.980 bits per heavy atom. The summed E-state index contributed by atoms with van der Waals surface area (Å²) in [6.45, 7) is 23.3. The van der Waals surface area contributed by atoms with E-state index < -0.39 is 0 Å². The third-order valence-electron chi connectivity index (χ3n) is 11.3. The van der Waals surface area contributed by atoms with Crippen molar-refractivity contribution >= 4 is 40.2 Å². The fourth-order valence-electron chi connectivity index (χ4n) is 8.29. The molecule has 0 fully saturated rings. The first-order valence-corrected chi connectivity index (χ1v) is 18.6. The van der Waals surface area contributed by atoms with Crippen molar-refractivity contribution in [2.75, 3.05) is 4.90 Å². The van der Waals surface area contributed by atoms with E-state index in [4.69, 9.17) is 0 Å². The van der Waals surface area contributed by atoms with Crippen molar-refractivity contribution in [3.05, 3.63) is 144 Å². The number of fused-ring (bicyclic) bond motifs is 5. The number of rotatable bonds is 3. The highest BCUT2D eigenvalue weighted by atomic mass is 15.2. The zero-order valence-corrected chi connectivity index (χ0v) is 32.1. The molecule has 0 saturated carbocycles. The predicted molar refractivity (Wildman–Crippen MR) is 223 cm³/mol. The second kappa shape index (κ2) is 11.6.